The van der Waals surface area contributed by atoms with Gasteiger partial charge in [0.1, 0.15) is 0 Å². The van der Waals surface area contributed by atoms with Gasteiger partial charge in [-0.3, -0.25) is 10.2 Å². The van der Waals surface area contributed by atoms with E-state index in [1.54, 1.807) is 6.92 Å². The molecular weight excluding hydrogens is 274 g/mol. The molecule has 0 unspecified atom stereocenters. The lowest BCUT2D eigenvalue weighted by Crippen LogP contribution is -2.42. The van der Waals surface area contributed by atoms with E-state index in [0.29, 0.717) is 6.54 Å². The van der Waals surface area contributed by atoms with Crippen LogP contribution in [0.2, 0.25) is 0 Å². The van der Waals surface area contributed by atoms with E-state index in [0.717, 1.165) is 5.56 Å². The monoisotopic (exact) mass is 289 g/mol. The number of rotatable bonds is 4. The van der Waals surface area contributed by atoms with Crippen LogP contribution in [0.1, 0.15) is 23.0 Å². The first-order valence-electron chi connectivity index (χ1n) is 6.36. The Labute approximate surface area is 121 Å². The molecule has 110 valence electrons. The average Bonchev–Trinajstić information content (AvgIpc) is 2.95. The van der Waals surface area contributed by atoms with Crippen LogP contribution in [0.5, 0.6) is 0 Å². The molecule has 2 aromatic rings. The van der Waals surface area contributed by atoms with E-state index in [9.17, 15) is 9.59 Å². The molecule has 2 N–H and O–H groups in total. The van der Waals surface area contributed by atoms with Gasteiger partial charge in [0.2, 0.25) is 0 Å². The summed E-state index contributed by atoms with van der Waals surface area (Å²) in [5.74, 6) is -0.567. The van der Waals surface area contributed by atoms with Crippen LogP contribution in [-0.4, -0.2) is 33.6 Å². The number of hydrazine groups is 1. The van der Waals surface area contributed by atoms with Gasteiger partial charge >= 0.3 is 6.09 Å². The normalized spacial score (nSPS) is 9.95. The van der Waals surface area contributed by atoms with Crippen molar-refractivity contribution >= 4 is 12.0 Å². The van der Waals surface area contributed by atoms with Gasteiger partial charge in [-0.2, -0.15) is 0 Å². The maximum atomic E-state index is 11.7. The van der Waals surface area contributed by atoms with Crippen molar-refractivity contribution in [3.63, 3.8) is 0 Å². The Balaban J connectivity index is 1.90. The van der Waals surface area contributed by atoms with Crippen LogP contribution in [0.3, 0.4) is 0 Å². The molecule has 0 aliphatic heterocycles. The van der Waals surface area contributed by atoms with Crippen molar-refractivity contribution in [2.24, 2.45) is 0 Å². The summed E-state index contributed by atoms with van der Waals surface area (Å²) < 4.78 is 6.14. The zero-order valence-corrected chi connectivity index (χ0v) is 11.4. The predicted octanol–water partition coefficient (Wildman–Crippen LogP) is 0.717. The fourth-order valence-electron chi connectivity index (χ4n) is 1.59. The molecule has 8 nitrogen and oxygen atoms in total. The molecule has 1 heterocycles. The molecule has 0 bridgehead atoms. The Morgan fingerprint density at radius 2 is 2.00 bits per heavy atom. The van der Waals surface area contributed by atoms with E-state index in [2.05, 4.69) is 25.9 Å². The molecule has 2 amide bonds. The molecular formula is C13H15N5O3. The van der Waals surface area contributed by atoms with Crippen molar-refractivity contribution in [2.75, 3.05) is 6.61 Å². The van der Waals surface area contributed by atoms with Crippen molar-refractivity contribution < 1.29 is 14.3 Å². The summed E-state index contributed by atoms with van der Waals surface area (Å²) in [6.45, 7) is 2.39. The van der Waals surface area contributed by atoms with Crippen LogP contribution < -0.4 is 10.9 Å². The van der Waals surface area contributed by atoms with Gasteiger partial charge in [-0.05, 0) is 12.5 Å². The zero-order valence-electron chi connectivity index (χ0n) is 11.4. The molecule has 0 aliphatic carbocycles. The van der Waals surface area contributed by atoms with Crippen molar-refractivity contribution in [3.8, 4) is 0 Å². The number of nitrogens with zero attached hydrogens (tertiary/aromatic N) is 3. The van der Waals surface area contributed by atoms with E-state index in [1.165, 1.54) is 10.9 Å². The van der Waals surface area contributed by atoms with Gasteiger partial charge in [-0.25, -0.2) is 14.9 Å². The molecule has 2 rings (SSSR count). The first-order chi connectivity index (χ1) is 10.2. The first kappa shape index (κ1) is 14.5. The largest absolute Gasteiger partial charge is 0.449 e. The van der Waals surface area contributed by atoms with Gasteiger partial charge in [-0.15, -0.1) is 5.10 Å². The van der Waals surface area contributed by atoms with E-state index >= 15 is 0 Å². The minimum absolute atomic E-state index is 0.0997. The number of nitrogens with one attached hydrogen (secondary N) is 2. The third-order valence-electron chi connectivity index (χ3n) is 2.51. The van der Waals surface area contributed by atoms with Crippen molar-refractivity contribution in [1.82, 2.24) is 25.8 Å². The summed E-state index contributed by atoms with van der Waals surface area (Å²) in [5, 5.41) is 7.60. The van der Waals surface area contributed by atoms with Gasteiger partial charge in [0.25, 0.3) is 5.91 Å². The summed E-state index contributed by atoms with van der Waals surface area (Å²) in [7, 11) is 0. The SMILES string of the molecule is CCOC(=O)NNC(=O)c1cn(Cc2ccccc2)nn1. The highest BCUT2D eigenvalue weighted by atomic mass is 16.5. The number of carbonyl (C=O) groups excluding carboxylic acids is 2. The Kier molecular flexibility index (Phi) is 4.86. The molecule has 0 saturated heterocycles. The van der Waals surface area contributed by atoms with E-state index in [4.69, 9.17) is 0 Å². The number of aromatic nitrogens is 3. The smallest absolute Gasteiger partial charge is 0.426 e. The van der Waals surface area contributed by atoms with Crippen LogP contribution in [-0.2, 0) is 11.3 Å². The second-order valence-corrected chi connectivity index (χ2v) is 4.09. The van der Waals surface area contributed by atoms with Gasteiger partial charge in [0, 0.05) is 0 Å². The van der Waals surface area contributed by atoms with Crippen LogP contribution >= 0.6 is 0 Å². The van der Waals surface area contributed by atoms with Crippen molar-refractivity contribution in [1.29, 1.82) is 0 Å². The standard InChI is InChI=1S/C13H15N5O3/c1-2-21-13(20)16-15-12(19)11-9-18(17-14-11)8-10-6-4-3-5-7-10/h3-7,9H,2,8H2,1H3,(H,15,19)(H,16,20). The molecule has 0 saturated carbocycles. The third kappa shape index (κ3) is 4.30. The Bertz CT molecular complexity index is 611. The Morgan fingerprint density at radius 1 is 1.24 bits per heavy atom. The molecule has 1 aromatic heterocycles. The highest BCUT2D eigenvalue weighted by molar-refractivity contribution is 5.92. The first-order valence-corrected chi connectivity index (χ1v) is 6.36. The minimum atomic E-state index is -0.734. The summed E-state index contributed by atoms with van der Waals surface area (Å²) in [5.41, 5.74) is 5.42. The van der Waals surface area contributed by atoms with E-state index < -0.39 is 12.0 Å². The molecule has 0 atom stereocenters. The van der Waals surface area contributed by atoms with Crippen LogP contribution in [0.4, 0.5) is 4.79 Å². The van der Waals surface area contributed by atoms with Gasteiger partial charge < -0.3 is 4.74 Å². The van der Waals surface area contributed by atoms with Crippen molar-refractivity contribution in [2.45, 2.75) is 13.5 Å². The maximum absolute atomic E-state index is 11.7. The van der Waals surface area contributed by atoms with Gasteiger partial charge in [0.15, 0.2) is 5.69 Å². The minimum Gasteiger partial charge on any atom is -0.449 e. The molecule has 8 heteroatoms. The molecule has 0 radical (unpaired) electrons. The highest BCUT2D eigenvalue weighted by Gasteiger charge is 2.12. The van der Waals surface area contributed by atoms with Crippen molar-refractivity contribution in [3.05, 3.63) is 47.8 Å². The number of amides is 2. The highest BCUT2D eigenvalue weighted by Crippen LogP contribution is 2.02. The molecule has 21 heavy (non-hydrogen) atoms. The van der Waals surface area contributed by atoms with E-state index in [-0.39, 0.29) is 12.3 Å². The summed E-state index contributed by atoms with van der Waals surface area (Å²) in [6.07, 6.45) is 0.761. The summed E-state index contributed by atoms with van der Waals surface area (Å²) in [6, 6.07) is 9.66. The average molecular weight is 289 g/mol. The van der Waals surface area contributed by atoms with Crippen LogP contribution in [0.15, 0.2) is 36.5 Å². The molecule has 0 spiro atoms. The lowest BCUT2D eigenvalue weighted by atomic mass is 10.2. The van der Waals surface area contributed by atoms with Gasteiger partial charge in [0.05, 0.1) is 19.3 Å². The molecule has 0 fully saturated rings. The number of hydrogen-bond donors (Lipinski definition) is 2. The second-order valence-electron chi connectivity index (χ2n) is 4.09. The second kappa shape index (κ2) is 7.04. The number of hydrogen-bond acceptors (Lipinski definition) is 5. The number of carbonyl (C=O) groups is 2. The zero-order chi connectivity index (χ0) is 15.1. The van der Waals surface area contributed by atoms with E-state index in [1.807, 2.05) is 30.3 Å². The van der Waals surface area contributed by atoms with Crippen LogP contribution in [0.25, 0.3) is 0 Å². The third-order valence-corrected chi connectivity index (χ3v) is 2.51. The fraction of sp³-hybridized carbons (Fsp3) is 0.231. The summed E-state index contributed by atoms with van der Waals surface area (Å²) >= 11 is 0. The quantitative estimate of drug-likeness (QED) is 0.808. The Hall–Kier alpha value is -2.90. The molecule has 0 aliphatic rings. The number of benzene rings is 1. The summed E-state index contributed by atoms with van der Waals surface area (Å²) in [4.78, 5) is 22.8. The lowest BCUT2D eigenvalue weighted by Gasteiger charge is -2.04. The lowest BCUT2D eigenvalue weighted by molar-refractivity contribution is 0.0907. The fourth-order valence-corrected chi connectivity index (χ4v) is 1.59. The van der Waals surface area contributed by atoms with Crippen LogP contribution in [0, 0.1) is 0 Å². The van der Waals surface area contributed by atoms with Gasteiger partial charge in [-0.1, -0.05) is 35.5 Å². The maximum Gasteiger partial charge on any atom is 0.426 e. The number of ether oxygens (including phenoxy) is 1. The predicted molar refractivity (Wildman–Crippen MR) is 73.2 cm³/mol. The molecule has 1 aromatic carbocycles. The Morgan fingerprint density at radius 3 is 2.71 bits per heavy atom. The topological polar surface area (TPSA) is 98.1 Å².